The summed E-state index contributed by atoms with van der Waals surface area (Å²) < 4.78 is 32.3. The van der Waals surface area contributed by atoms with Crippen LogP contribution in [0.2, 0.25) is 0 Å². The molecule has 4 aromatic carbocycles. The second-order valence-electron chi connectivity index (χ2n) is 11.6. The number of nitriles is 1. The van der Waals surface area contributed by atoms with E-state index in [-0.39, 0.29) is 11.5 Å². The summed E-state index contributed by atoms with van der Waals surface area (Å²) in [6.45, 7) is 0. The first-order valence-electron chi connectivity index (χ1n) is 16.0. The Hall–Kier alpha value is -7.01. The summed E-state index contributed by atoms with van der Waals surface area (Å²) in [6, 6.07) is 20.1. The van der Waals surface area contributed by atoms with Gasteiger partial charge in [0, 0.05) is 41.6 Å². The summed E-state index contributed by atoms with van der Waals surface area (Å²) in [4.78, 5) is 24.5. The van der Waals surface area contributed by atoms with Crippen molar-refractivity contribution in [2.75, 3.05) is 56.8 Å². The number of nitrogens with zero attached hydrogens (tertiary/aromatic N) is 4. The standard InChI is InChI=1S/C22H22N4O4.C17H16N2O4/c1-26(2)22(27)15(12-23)8-13-6-7-17-16(9-13)20(25-24-17)14-10-18(28-3)21(30-5)19(11-14)29-4;1-21-14-7-11(8-15(22-2)17(14)23-3)16-12-6-10(9-20)4-5-13(12)18-19-16/h6-11H,1-5H3,(H,24,25);4-9H,1-3H3,(H,18,19)/b15-8+;. The largest absolute Gasteiger partial charge is 0.493 e. The minimum atomic E-state index is -0.352. The number of aromatic nitrogens is 4. The minimum Gasteiger partial charge on any atom is -0.493 e. The van der Waals surface area contributed by atoms with Crippen LogP contribution in [0.5, 0.6) is 34.5 Å². The molecule has 0 saturated carbocycles. The Bertz CT molecular complexity index is 2320. The van der Waals surface area contributed by atoms with Gasteiger partial charge in [-0.05, 0) is 66.2 Å². The molecule has 14 nitrogen and oxygen atoms in total. The Balaban J connectivity index is 0.000000211. The van der Waals surface area contributed by atoms with Crippen molar-refractivity contribution < 1.29 is 38.0 Å². The summed E-state index contributed by atoms with van der Waals surface area (Å²) in [6.07, 6.45) is 2.37. The number of nitrogens with one attached hydrogen (secondary N) is 2. The molecular weight excluding hydrogens is 680 g/mol. The van der Waals surface area contributed by atoms with Gasteiger partial charge in [-0.3, -0.25) is 19.8 Å². The molecule has 14 heteroatoms. The second kappa shape index (κ2) is 16.3. The summed E-state index contributed by atoms with van der Waals surface area (Å²) in [5.41, 5.74) is 5.97. The van der Waals surface area contributed by atoms with Gasteiger partial charge in [-0.25, -0.2) is 0 Å². The van der Waals surface area contributed by atoms with E-state index in [2.05, 4.69) is 20.4 Å². The van der Waals surface area contributed by atoms with Gasteiger partial charge in [-0.2, -0.15) is 15.5 Å². The lowest BCUT2D eigenvalue weighted by molar-refractivity contribution is -0.124. The summed E-state index contributed by atoms with van der Waals surface area (Å²) in [5, 5.41) is 25.8. The molecule has 0 spiro atoms. The molecule has 1 amide bonds. The van der Waals surface area contributed by atoms with Gasteiger partial charge in [0.05, 0.1) is 53.7 Å². The average molecular weight is 719 g/mol. The number of H-pyrrole nitrogens is 2. The lowest BCUT2D eigenvalue weighted by Gasteiger charge is -2.13. The van der Waals surface area contributed by atoms with E-state index in [0.717, 1.165) is 39.2 Å². The molecule has 0 bridgehead atoms. The monoisotopic (exact) mass is 718 g/mol. The number of hydrogen-bond donors (Lipinski definition) is 2. The van der Waals surface area contributed by atoms with Crippen LogP contribution in [0.15, 0.2) is 66.2 Å². The molecule has 0 fully saturated rings. The Morgan fingerprint density at radius 1 is 0.660 bits per heavy atom. The Labute approximate surface area is 305 Å². The zero-order valence-corrected chi connectivity index (χ0v) is 30.5. The SMILES string of the molecule is COc1cc(-c2n[nH]c3ccc(/C=C(\C#N)C(=O)N(C)C)cc23)cc(OC)c1OC.COc1cc(-c2n[nH]c3ccc(C=O)cc23)cc(OC)c1OC. The summed E-state index contributed by atoms with van der Waals surface area (Å²) in [7, 11) is 12.5. The topological polar surface area (TPSA) is 174 Å². The van der Waals surface area contributed by atoms with Crippen molar-refractivity contribution in [1.82, 2.24) is 25.3 Å². The predicted octanol–water partition coefficient (Wildman–Crippen LogP) is 6.32. The van der Waals surface area contributed by atoms with Crippen molar-refractivity contribution >= 4 is 40.1 Å². The van der Waals surface area contributed by atoms with Crippen LogP contribution in [0.1, 0.15) is 15.9 Å². The van der Waals surface area contributed by atoms with Gasteiger partial charge in [0.1, 0.15) is 29.3 Å². The van der Waals surface area contributed by atoms with Crippen LogP contribution in [0.3, 0.4) is 0 Å². The number of rotatable bonds is 11. The molecule has 0 aliphatic rings. The van der Waals surface area contributed by atoms with E-state index in [1.54, 1.807) is 75.0 Å². The molecule has 0 unspecified atom stereocenters. The van der Waals surface area contributed by atoms with Crippen LogP contribution in [-0.2, 0) is 4.79 Å². The van der Waals surface area contributed by atoms with E-state index in [1.165, 1.54) is 4.90 Å². The van der Waals surface area contributed by atoms with Gasteiger partial charge in [-0.1, -0.05) is 6.07 Å². The van der Waals surface area contributed by atoms with Gasteiger partial charge in [-0.15, -0.1) is 0 Å². The first-order valence-corrected chi connectivity index (χ1v) is 16.0. The number of methoxy groups -OCH3 is 6. The Morgan fingerprint density at radius 3 is 1.43 bits per heavy atom. The summed E-state index contributed by atoms with van der Waals surface area (Å²) in [5.74, 6) is 2.79. The van der Waals surface area contributed by atoms with Crippen LogP contribution in [-0.4, -0.2) is 94.2 Å². The fourth-order valence-corrected chi connectivity index (χ4v) is 5.65. The highest BCUT2D eigenvalue weighted by atomic mass is 16.5. The number of carbonyl (C=O) groups is 2. The molecule has 0 saturated heterocycles. The van der Waals surface area contributed by atoms with Crippen LogP contribution in [0.4, 0.5) is 0 Å². The van der Waals surface area contributed by atoms with Crippen molar-refractivity contribution in [3.05, 3.63) is 77.4 Å². The quantitative estimate of drug-likeness (QED) is 0.0872. The normalized spacial score (nSPS) is 10.9. The first kappa shape index (κ1) is 37.3. The Morgan fingerprint density at radius 2 is 1.08 bits per heavy atom. The maximum atomic E-state index is 12.2. The zero-order valence-electron chi connectivity index (χ0n) is 30.5. The summed E-state index contributed by atoms with van der Waals surface area (Å²) >= 11 is 0. The molecule has 0 atom stereocenters. The first-order chi connectivity index (χ1) is 25.6. The lowest BCUT2D eigenvalue weighted by Crippen LogP contribution is -2.22. The number of benzene rings is 4. The molecule has 6 aromatic rings. The van der Waals surface area contributed by atoms with Crippen LogP contribution >= 0.6 is 0 Å². The van der Waals surface area contributed by atoms with Gasteiger partial charge < -0.3 is 33.3 Å². The van der Waals surface area contributed by atoms with Crippen molar-refractivity contribution in [3.63, 3.8) is 0 Å². The molecule has 0 aliphatic heterocycles. The van der Waals surface area contributed by atoms with Crippen molar-refractivity contribution in [2.24, 2.45) is 0 Å². The van der Waals surface area contributed by atoms with Gasteiger partial charge in [0.2, 0.25) is 11.5 Å². The fourth-order valence-electron chi connectivity index (χ4n) is 5.65. The Kier molecular flexibility index (Phi) is 11.5. The van der Waals surface area contributed by atoms with Crippen molar-refractivity contribution in [1.29, 1.82) is 5.26 Å². The fraction of sp³-hybridized carbons (Fsp3) is 0.205. The van der Waals surface area contributed by atoms with E-state index in [4.69, 9.17) is 28.4 Å². The smallest absolute Gasteiger partial charge is 0.264 e. The van der Waals surface area contributed by atoms with Crippen LogP contribution in [0.25, 0.3) is 50.4 Å². The van der Waals surface area contributed by atoms with Crippen molar-refractivity contribution in [3.8, 4) is 63.1 Å². The highest BCUT2D eigenvalue weighted by molar-refractivity contribution is 6.02. The molecule has 2 heterocycles. The highest BCUT2D eigenvalue weighted by Gasteiger charge is 2.19. The molecule has 53 heavy (non-hydrogen) atoms. The maximum Gasteiger partial charge on any atom is 0.264 e. The number of aldehydes is 1. The molecule has 272 valence electrons. The number of carbonyl (C=O) groups excluding carboxylic acids is 2. The third-order valence-electron chi connectivity index (χ3n) is 8.25. The second-order valence-corrected chi connectivity index (χ2v) is 11.6. The maximum absolute atomic E-state index is 12.2. The third-order valence-corrected chi connectivity index (χ3v) is 8.25. The molecule has 0 aliphatic carbocycles. The van der Waals surface area contributed by atoms with Gasteiger partial charge in [0.15, 0.2) is 23.0 Å². The number of ether oxygens (including phenoxy) is 6. The van der Waals surface area contributed by atoms with E-state index in [9.17, 15) is 14.9 Å². The number of likely N-dealkylation sites (N-methyl/N-ethyl adjacent to an activating group) is 1. The molecular formula is C39H38N6O8. The van der Waals surface area contributed by atoms with E-state index in [0.29, 0.717) is 57.0 Å². The van der Waals surface area contributed by atoms with Crippen LogP contribution in [0, 0.1) is 11.3 Å². The third kappa shape index (κ3) is 7.54. The van der Waals surface area contributed by atoms with Crippen molar-refractivity contribution in [2.45, 2.75) is 0 Å². The van der Waals surface area contributed by atoms with Crippen LogP contribution < -0.4 is 28.4 Å². The average Bonchev–Trinajstić information content (AvgIpc) is 3.82. The predicted molar refractivity (Wildman–Crippen MR) is 200 cm³/mol. The molecule has 2 aromatic heterocycles. The number of aromatic amines is 2. The molecule has 6 rings (SSSR count). The van der Waals surface area contributed by atoms with E-state index >= 15 is 0 Å². The minimum absolute atomic E-state index is 0.0529. The zero-order chi connectivity index (χ0) is 38.2. The van der Waals surface area contributed by atoms with E-state index in [1.807, 2.05) is 54.6 Å². The molecule has 0 radical (unpaired) electrons. The number of hydrogen-bond acceptors (Lipinski definition) is 11. The highest BCUT2D eigenvalue weighted by Crippen LogP contribution is 2.43. The van der Waals surface area contributed by atoms with E-state index < -0.39 is 0 Å². The van der Waals surface area contributed by atoms with Gasteiger partial charge >= 0.3 is 0 Å². The number of fused-ring (bicyclic) bond motifs is 2. The number of amides is 1. The lowest BCUT2D eigenvalue weighted by atomic mass is 10.0. The molecule has 2 N–H and O–H groups in total. The van der Waals surface area contributed by atoms with Gasteiger partial charge in [0.25, 0.3) is 5.91 Å².